The Bertz CT molecular complexity index is 1310. The Morgan fingerprint density at radius 2 is 1.88 bits per heavy atom. The third-order valence-corrected chi connectivity index (χ3v) is 6.70. The van der Waals surface area contributed by atoms with E-state index in [-0.39, 0.29) is 41.6 Å². The van der Waals surface area contributed by atoms with Crippen LogP contribution in [0.1, 0.15) is 12.8 Å². The van der Waals surface area contributed by atoms with Gasteiger partial charge < -0.3 is 9.42 Å². The predicted molar refractivity (Wildman–Crippen MR) is 114 cm³/mol. The van der Waals surface area contributed by atoms with E-state index in [1.807, 2.05) is 0 Å². The third-order valence-electron chi connectivity index (χ3n) is 5.93. The second-order valence-corrected chi connectivity index (χ2v) is 9.91. The number of aromatic nitrogens is 1. The number of rotatable bonds is 4. The van der Waals surface area contributed by atoms with Crippen LogP contribution in [0.2, 0.25) is 0 Å². The van der Waals surface area contributed by atoms with Crippen LogP contribution in [0.25, 0.3) is 22.1 Å². The summed E-state index contributed by atoms with van der Waals surface area (Å²) in [6.07, 6.45) is 2.06. The molecule has 0 spiro atoms. The zero-order valence-electron chi connectivity index (χ0n) is 17.1. The van der Waals surface area contributed by atoms with E-state index in [2.05, 4.69) is 9.88 Å². The summed E-state index contributed by atoms with van der Waals surface area (Å²) in [6, 6.07) is 7.61. The molecule has 8 nitrogen and oxygen atoms in total. The zero-order chi connectivity index (χ0) is 22.6. The molecule has 32 heavy (non-hydrogen) atoms. The van der Waals surface area contributed by atoms with Crippen LogP contribution < -0.4 is 9.62 Å². The lowest BCUT2D eigenvalue weighted by Gasteiger charge is -2.33. The lowest BCUT2D eigenvalue weighted by atomic mass is 9.99. The van der Waals surface area contributed by atoms with Gasteiger partial charge in [-0.2, -0.15) is 0 Å². The maximum Gasteiger partial charge on any atom is 0.326 e. The van der Waals surface area contributed by atoms with Gasteiger partial charge in [0.2, 0.25) is 10.0 Å². The van der Waals surface area contributed by atoms with Crippen molar-refractivity contribution >= 4 is 32.8 Å². The van der Waals surface area contributed by atoms with Crippen LogP contribution in [0.5, 0.6) is 0 Å². The van der Waals surface area contributed by atoms with Crippen molar-refractivity contribution in [1.82, 2.24) is 14.8 Å². The normalized spacial score (nSPS) is 21.4. The SMILES string of the molecule is CS(=O)(=O)NC1CCN2C(=O)N(c3noc4cccc(-c5c(F)cccc5F)c34)CC2C1. The molecular weight excluding hydrogens is 442 g/mol. The standard InChI is InChI=1S/C21H20F2N4O4S/c1-32(29,30)25-12-8-9-26-13(10-12)11-27(21(26)28)20-19-14(4-2-7-17(19)31-24-20)18-15(22)5-3-6-16(18)23/h2-7,12-13,25H,8-11H2,1H3. The number of anilines is 1. The van der Waals surface area contributed by atoms with E-state index in [1.54, 1.807) is 23.1 Å². The quantitative estimate of drug-likeness (QED) is 0.643. The molecule has 0 radical (unpaired) electrons. The van der Waals surface area contributed by atoms with E-state index < -0.39 is 21.7 Å². The Morgan fingerprint density at radius 1 is 1.16 bits per heavy atom. The van der Waals surface area contributed by atoms with Gasteiger partial charge >= 0.3 is 6.03 Å². The molecule has 0 saturated carbocycles. The molecule has 2 atom stereocenters. The van der Waals surface area contributed by atoms with Gasteiger partial charge in [-0.05, 0) is 31.0 Å². The summed E-state index contributed by atoms with van der Waals surface area (Å²) in [5, 5.41) is 4.40. The largest absolute Gasteiger partial charge is 0.354 e. The molecule has 2 amide bonds. The van der Waals surface area contributed by atoms with Crippen molar-refractivity contribution in [3.05, 3.63) is 48.0 Å². The van der Waals surface area contributed by atoms with Gasteiger partial charge in [-0.25, -0.2) is 26.7 Å². The first-order chi connectivity index (χ1) is 15.2. The molecular formula is C21H20F2N4O4S. The van der Waals surface area contributed by atoms with Crippen molar-refractivity contribution in [1.29, 1.82) is 0 Å². The lowest BCUT2D eigenvalue weighted by Crippen LogP contribution is -2.48. The number of piperidine rings is 1. The van der Waals surface area contributed by atoms with Gasteiger partial charge in [0.25, 0.3) is 0 Å². The molecule has 168 valence electrons. The van der Waals surface area contributed by atoms with Crippen molar-refractivity contribution in [2.24, 2.45) is 0 Å². The molecule has 2 fully saturated rings. The number of halogens is 2. The topological polar surface area (TPSA) is 95.8 Å². The number of benzene rings is 2. The van der Waals surface area contributed by atoms with Crippen LogP contribution in [0.4, 0.5) is 19.4 Å². The molecule has 0 aliphatic carbocycles. The minimum Gasteiger partial charge on any atom is -0.354 e. The highest BCUT2D eigenvalue weighted by Gasteiger charge is 2.44. The van der Waals surface area contributed by atoms with E-state index in [9.17, 15) is 22.0 Å². The summed E-state index contributed by atoms with van der Waals surface area (Å²) >= 11 is 0. The van der Waals surface area contributed by atoms with E-state index in [1.165, 1.54) is 23.1 Å². The summed E-state index contributed by atoms with van der Waals surface area (Å²) in [5.41, 5.74) is 0.322. The minimum atomic E-state index is -3.36. The molecule has 2 saturated heterocycles. The number of carbonyl (C=O) groups excluding carboxylic acids is 1. The van der Waals surface area contributed by atoms with Crippen molar-refractivity contribution in [3.8, 4) is 11.1 Å². The van der Waals surface area contributed by atoms with Crippen molar-refractivity contribution < 1.29 is 26.5 Å². The second-order valence-electron chi connectivity index (χ2n) is 8.13. The molecule has 2 aliphatic rings. The molecule has 3 heterocycles. The molecule has 2 aliphatic heterocycles. The van der Waals surface area contributed by atoms with Gasteiger partial charge in [-0.3, -0.25) is 4.90 Å². The van der Waals surface area contributed by atoms with Crippen molar-refractivity contribution in [3.63, 3.8) is 0 Å². The first-order valence-electron chi connectivity index (χ1n) is 10.1. The van der Waals surface area contributed by atoms with Crippen LogP contribution in [-0.2, 0) is 10.0 Å². The van der Waals surface area contributed by atoms with E-state index in [4.69, 9.17) is 4.52 Å². The number of fused-ring (bicyclic) bond motifs is 2. The monoisotopic (exact) mass is 462 g/mol. The Balaban J connectivity index is 1.53. The second kappa shape index (κ2) is 7.52. The fraction of sp³-hybridized carbons (Fsp3) is 0.333. The van der Waals surface area contributed by atoms with Gasteiger partial charge in [0.15, 0.2) is 11.4 Å². The molecule has 5 rings (SSSR count). The molecule has 3 aromatic rings. The van der Waals surface area contributed by atoms with E-state index in [0.29, 0.717) is 30.4 Å². The van der Waals surface area contributed by atoms with Gasteiger partial charge in [0.1, 0.15) is 11.6 Å². The van der Waals surface area contributed by atoms with Crippen LogP contribution >= 0.6 is 0 Å². The van der Waals surface area contributed by atoms with Gasteiger partial charge in [0.05, 0.1) is 23.2 Å². The van der Waals surface area contributed by atoms with Crippen LogP contribution in [0.15, 0.2) is 40.9 Å². The average molecular weight is 462 g/mol. The van der Waals surface area contributed by atoms with E-state index in [0.717, 1.165) is 6.26 Å². The fourth-order valence-electron chi connectivity index (χ4n) is 4.63. The maximum atomic E-state index is 14.5. The molecule has 11 heteroatoms. The smallest absolute Gasteiger partial charge is 0.326 e. The summed E-state index contributed by atoms with van der Waals surface area (Å²) in [7, 11) is -3.36. The molecule has 0 bridgehead atoms. The summed E-state index contributed by atoms with van der Waals surface area (Å²) in [4.78, 5) is 16.2. The highest BCUT2D eigenvalue weighted by Crippen LogP contribution is 2.40. The number of nitrogens with one attached hydrogen (secondary N) is 1. The number of amides is 2. The summed E-state index contributed by atoms with van der Waals surface area (Å²) in [5.74, 6) is -1.28. The third kappa shape index (κ3) is 3.51. The van der Waals surface area contributed by atoms with Gasteiger partial charge in [0, 0.05) is 24.7 Å². The Morgan fingerprint density at radius 3 is 2.59 bits per heavy atom. The van der Waals surface area contributed by atoms with Gasteiger partial charge in [-0.15, -0.1) is 0 Å². The number of sulfonamides is 1. The Kier molecular flexibility index (Phi) is 4.90. The predicted octanol–water partition coefficient (Wildman–Crippen LogP) is 3.10. The molecule has 2 aromatic carbocycles. The van der Waals surface area contributed by atoms with Crippen LogP contribution in [-0.4, -0.2) is 55.9 Å². The van der Waals surface area contributed by atoms with Crippen LogP contribution in [0, 0.1) is 11.6 Å². The highest BCUT2D eigenvalue weighted by atomic mass is 32.2. The molecule has 1 aromatic heterocycles. The molecule has 2 unspecified atom stereocenters. The first kappa shape index (κ1) is 20.8. The minimum absolute atomic E-state index is 0.185. The van der Waals surface area contributed by atoms with Crippen molar-refractivity contribution in [2.45, 2.75) is 24.9 Å². The number of urea groups is 1. The number of nitrogens with zero attached hydrogens (tertiary/aromatic N) is 3. The Labute approximate surface area is 182 Å². The van der Waals surface area contributed by atoms with Gasteiger partial charge in [-0.1, -0.05) is 23.4 Å². The average Bonchev–Trinajstić information content (AvgIpc) is 3.28. The number of carbonyl (C=O) groups is 1. The zero-order valence-corrected chi connectivity index (χ0v) is 17.9. The van der Waals surface area contributed by atoms with Crippen LogP contribution in [0.3, 0.4) is 0 Å². The van der Waals surface area contributed by atoms with Crippen molar-refractivity contribution in [2.75, 3.05) is 24.2 Å². The highest BCUT2D eigenvalue weighted by molar-refractivity contribution is 7.88. The molecule has 1 N–H and O–H groups in total. The maximum absolute atomic E-state index is 14.5. The number of hydrogen-bond donors (Lipinski definition) is 1. The fourth-order valence-corrected chi connectivity index (χ4v) is 5.45. The van der Waals surface area contributed by atoms with E-state index >= 15 is 0 Å². The Hall–Kier alpha value is -3.05. The lowest BCUT2D eigenvalue weighted by molar-refractivity contribution is 0.176. The summed E-state index contributed by atoms with van der Waals surface area (Å²) < 4.78 is 60.3. The summed E-state index contributed by atoms with van der Waals surface area (Å²) in [6.45, 7) is 0.647. The number of hydrogen-bond acceptors (Lipinski definition) is 5. The first-order valence-corrected chi connectivity index (χ1v) is 12.0.